The molecule has 1 fully saturated rings. The van der Waals surface area contributed by atoms with Gasteiger partial charge in [-0.2, -0.15) is 0 Å². The van der Waals surface area contributed by atoms with Crippen LogP contribution >= 0.6 is 0 Å². The lowest BCUT2D eigenvalue weighted by Gasteiger charge is -2.37. The largest absolute Gasteiger partial charge is 0.497 e. The van der Waals surface area contributed by atoms with Crippen molar-refractivity contribution in [2.24, 2.45) is 11.8 Å². The molecule has 2 unspecified atom stereocenters. The molecular formula is C28H34N2O3. The van der Waals surface area contributed by atoms with Crippen LogP contribution in [0.25, 0.3) is 5.57 Å². The van der Waals surface area contributed by atoms with E-state index in [1.807, 2.05) is 50.2 Å². The Hall–Kier alpha value is -3.08. The molecule has 0 spiro atoms. The third kappa shape index (κ3) is 4.68. The molecule has 174 valence electrons. The zero-order chi connectivity index (χ0) is 23.7. The molecule has 2 atom stereocenters. The number of amides is 2. The van der Waals surface area contributed by atoms with E-state index in [0.29, 0.717) is 36.1 Å². The number of likely N-dealkylation sites (tertiary alicyclic amines) is 1. The van der Waals surface area contributed by atoms with Gasteiger partial charge in [-0.25, -0.2) is 0 Å². The number of benzene rings is 2. The molecule has 5 heteroatoms. The Labute approximate surface area is 197 Å². The number of carbonyl (C=O) groups is 2. The van der Waals surface area contributed by atoms with Crippen LogP contribution in [0.15, 0.2) is 48.2 Å². The van der Waals surface area contributed by atoms with Gasteiger partial charge in [0, 0.05) is 19.6 Å². The van der Waals surface area contributed by atoms with E-state index in [1.54, 1.807) is 7.11 Å². The molecule has 4 rings (SSSR count). The molecule has 0 bridgehead atoms. The van der Waals surface area contributed by atoms with Crippen LogP contribution in [0, 0.1) is 25.7 Å². The Morgan fingerprint density at radius 1 is 0.939 bits per heavy atom. The first-order valence-corrected chi connectivity index (χ1v) is 11.8. The number of ether oxygens (including phenoxy) is 1. The molecule has 1 saturated heterocycles. The van der Waals surface area contributed by atoms with E-state index in [0.717, 1.165) is 47.5 Å². The number of hydrogen-bond acceptors (Lipinski definition) is 4. The minimum Gasteiger partial charge on any atom is -0.497 e. The Morgan fingerprint density at radius 2 is 1.61 bits per heavy atom. The second kappa shape index (κ2) is 9.42. The third-order valence-corrected chi connectivity index (χ3v) is 6.76. The van der Waals surface area contributed by atoms with Gasteiger partial charge in [0.25, 0.3) is 11.8 Å². The van der Waals surface area contributed by atoms with Crippen molar-refractivity contribution in [1.29, 1.82) is 0 Å². The van der Waals surface area contributed by atoms with Gasteiger partial charge >= 0.3 is 0 Å². The molecule has 0 N–H and O–H groups in total. The maximum absolute atomic E-state index is 13.7. The summed E-state index contributed by atoms with van der Waals surface area (Å²) in [5.74, 6) is 1.42. The van der Waals surface area contributed by atoms with Gasteiger partial charge in [0.2, 0.25) is 0 Å². The summed E-state index contributed by atoms with van der Waals surface area (Å²) < 4.78 is 5.23. The molecule has 0 radical (unpaired) electrons. The quantitative estimate of drug-likeness (QED) is 0.608. The predicted octanol–water partition coefficient (Wildman–Crippen LogP) is 4.61. The first kappa shape index (κ1) is 23.1. The summed E-state index contributed by atoms with van der Waals surface area (Å²) in [5, 5.41) is 0. The Bertz CT molecular complexity index is 1080. The highest BCUT2D eigenvalue weighted by atomic mass is 16.5. The SMILES string of the molecule is COc1ccc(CCN2C(=O)C(c3ccc(C)cc3C)=C(N3CC(C)CC(C)C3)C2=O)cc1. The standard InChI is InChI=1S/C28H34N2O3/c1-18-6-11-24(21(4)15-18)25-26(29-16-19(2)14-20(3)17-29)28(32)30(27(25)31)13-12-22-7-9-23(33-5)10-8-22/h6-11,15,19-20H,12-14,16-17H2,1-5H3. The molecule has 2 aliphatic rings. The van der Waals surface area contributed by atoms with Crippen molar-refractivity contribution in [3.8, 4) is 5.75 Å². The lowest BCUT2D eigenvalue weighted by molar-refractivity contribution is -0.137. The van der Waals surface area contributed by atoms with Crippen molar-refractivity contribution in [3.63, 3.8) is 0 Å². The summed E-state index contributed by atoms with van der Waals surface area (Å²) in [6, 6.07) is 13.9. The van der Waals surface area contributed by atoms with Crippen molar-refractivity contribution in [2.45, 2.75) is 40.5 Å². The van der Waals surface area contributed by atoms with Crippen LogP contribution in [0.2, 0.25) is 0 Å². The highest BCUT2D eigenvalue weighted by Crippen LogP contribution is 2.36. The monoisotopic (exact) mass is 446 g/mol. The predicted molar refractivity (Wildman–Crippen MR) is 131 cm³/mol. The molecular weight excluding hydrogens is 412 g/mol. The maximum Gasteiger partial charge on any atom is 0.277 e. The summed E-state index contributed by atoms with van der Waals surface area (Å²) in [5.41, 5.74) is 5.25. The second-order valence-corrected chi connectivity index (χ2v) is 9.75. The number of methoxy groups -OCH3 is 1. The highest BCUT2D eigenvalue weighted by molar-refractivity contribution is 6.35. The van der Waals surface area contributed by atoms with Crippen molar-refractivity contribution in [3.05, 3.63) is 70.4 Å². The number of carbonyl (C=O) groups excluding carboxylic acids is 2. The van der Waals surface area contributed by atoms with Crippen molar-refractivity contribution in [1.82, 2.24) is 9.80 Å². The van der Waals surface area contributed by atoms with E-state index in [2.05, 4.69) is 24.8 Å². The topological polar surface area (TPSA) is 49.9 Å². The number of aryl methyl sites for hydroxylation is 2. The number of piperidine rings is 1. The smallest absolute Gasteiger partial charge is 0.277 e. The maximum atomic E-state index is 13.7. The summed E-state index contributed by atoms with van der Waals surface area (Å²) in [6.07, 6.45) is 1.76. The average molecular weight is 447 g/mol. The molecule has 2 heterocycles. The van der Waals surface area contributed by atoms with Gasteiger partial charge in [-0.05, 0) is 67.3 Å². The van der Waals surface area contributed by atoms with Crippen molar-refractivity contribution < 1.29 is 14.3 Å². The number of rotatable bonds is 6. The van der Waals surface area contributed by atoms with Crippen LogP contribution in [0.4, 0.5) is 0 Å². The molecule has 0 aromatic heterocycles. The average Bonchev–Trinajstić information content (AvgIpc) is 3.01. The van der Waals surface area contributed by atoms with E-state index >= 15 is 0 Å². The second-order valence-electron chi connectivity index (χ2n) is 9.75. The first-order chi connectivity index (χ1) is 15.8. The molecule has 0 aliphatic carbocycles. The molecule has 5 nitrogen and oxygen atoms in total. The normalized spacial score (nSPS) is 21.2. The van der Waals surface area contributed by atoms with E-state index in [9.17, 15) is 9.59 Å². The van der Waals surface area contributed by atoms with E-state index in [4.69, 9.17) is 4.74 Å². The van der Waals surface area contributed by atoms with Gasteiger partial charge in [0.05, 0.1) is 12.7 Å². The number of nitrogens with zero attached hydrogens (tertiary/aromatic N) is 2. The lowest BCUT2D eigenvalue weighted by Crippen LogP contribution is -2.42. The van der Waals surface area contributed by atoms with Crippen LogP contribution in [0.3, 0.4) is 0 Å². The van der Waals surface area contributed by atoms with Gasteiger partial charge in [0.1, 0.15) is 11.4 Å². The minimum atomic E-state index is -0.179. The van der Waals surface area contributed by atoms with Gasteiger partial charge < -0.3 is 9.64 Å². The van der Waals surface area contributed by atoms with E-state index in [1.165, 1.54) is 4.90 Å². The Kier molecular flexibility index (Phi) is 6.59. The van der Waals surface area contributed by atoms with Crippen molar-refractivity contribution >= 4 is 17.4 Å². The van der Waals surface area contributed by atoms with Crippen LogP contribution in [-0.2, 0) is 16.0 Å². The van der Waals surface area contributed by atoms with Crippen LogP contribution in [0.1, 0.15) is 42.5 Å². The van der Waals surface area contributed by atoms with Crippen LogP contribution < -0.4 is 4.74 Å². The zero-order valence-corrected chi connectivity index (χ0v) is 20.4. The molecule has 2 amide bonds. The van der Waals surface area contributed by atoms with Gasteiger partial charge in [-0.3, -0.25) is 14.5 Å². The zero-order valence-electron chi connectivity index (χ0n) is 20.4. The van der Waals surface area contributed by atoms with E-state index in [-0.39, 0.29) is 11.8 Å². The number of hydrogen-bond donors (Lipinski definition) is 0. The molecule has 2 aromatic rings. The Morgan fingerprint density at radius 3 is 2.21 bits per heavy atom. The summed E-state index contributed by atoms with van der Waals surface area (Å²) in [6.45, 7) is 10.5. The van der Waals surface area contributed by atoms with Crippen molar-refractivity contribution in [2.75, 3.05) is 26.7 Å². The molecule has 0 saturated carbocycles. The fraction of sp³-hybridized carbons (Fsp3) is 0.429. The fourth-order valence-electron chi connectivity index (χ4n) is 5.28. The van der Waals surface area contributed by atoms with Gasteiger partial charge in [-0.15, -0.1) is 0 Å². The minimum absolute atomic E-state index is 0.162. The van der Waals surface area contributed by atoms with E-state index < -0.39 is 0 Å². The van der Waals surface area contributed by atoms with Crippen LogP contribution in [0.5, 0.6) is 5.75 Å². The summed E-state index contributed by atoms with van der Waals surface area (Å²) >= 11 is 0. The highest BCUT2D eigenvalue weighted by Gasteiger charge is 2.43. The lowest BCUT2D eigenvalue weighted by atomic mass is 9.90. The first-order valence-electron chi connectivity index (χ1n) is 11.8. The molecule has 2 aliphatic heterocycles. The summed E-state index contributed by atoms with van der Waals surface area (Å²) in [4.78, 5) is 31.0. The van der Waals surface area contributed by atoms with Crippen LogP contribution in [-0.4, -0.2) is 48.4 Å². The number of imide groups is 1. The fourth-order valence-corrected chi connectivity index (χ4v) is 5.28. The Balaban J connectivity index is 1.67. The third-order valence-electron chi connectivity index (χ3n) is 6.76. The molecule has 2 aromatic carbocycles. The van der Waals surface area contributed by atoms with Gasteiger partial charge in [0.15, 0.2) is 0 Å². The summed E-state index contributed by atoms with van der Waals surface area (Å²) in [7, 11) is 1.64. The van der Waals surface area contributed by atoms with Gasteiger partial charge in [-0.1, -0.05) is 49.7 Å². The molecule has 33 heavy (non-hydrogen) atoms.